The van der Waals surface area contributed by atoms with Gasteiger partial charge in [0.15, 0.2) is 5.82 Å². The Hall–Kier alpha value is -1.88. The topological polar surface area (TPSA) is 43.2 Å². The largest absolute Gasteiger partial charge is 0.467 e. The van der Waals surface area contributed by atoms with E-state index in [1.165, 1.54) is 31.5 Å². The number of rotatable bonds is 4. The Bertz CT molecular complexity index is 599. The summed E-state index contributed by atoms with van der Waals surface area (Å²) in [7, 11) is 3.44. The molecule has 1 aromatic heterocycles. The molecule has 0 saturated carbocycles. The third-order valence-corrected chi connectivity index (χ3v) is 4.25. The fourth-order valence-electron chi connectivity index (χ4n) is 2.92. The van der Waals surface area contributed by atoms with Gasteiger partial charge in [-0.3, -0.25) is 4.90 Å². The normalized spacial score (nSPS) is 17.1. The van der Waals surface area contributed by atoms with Gasteiger partial charge in [0.25, 0.3) is 0 Å². The zero-order valence-corrected chi connectivity index (χ0v) is 12.9. The molecule has 2 aromatic rings. The maximum absolute atomic E-state index is 5.16. The molecule has 0 spiro atoms. The van der Waals surface area contributed by atoms with E-state index in [0.717, 1.165) is 5.56 Å². The molecule has 3 rings (SSSR count). The predicted octanol–water partition coefficient (Wildman–Crippen LogP) is 2.65. The van der Waals surface area contributed by atoms with Gasteiger partial charge < -0.3 is 4.74 Å². The van der Waals surface area contributed by atoms with Crippen molar-refractivity contribution in [3.63, 3.8) is 0 Å². The summed E-state index contributed by atoms with van der Waals surface area (Å²) in [6.07, 6.45) is 2.64. The molecule has 0 N–H and O–H groups in total. The maximum atomic E-state index is 5.16. The van der Waals surface area contributed by atoms with E-state index in [2.05, 4.69) is 46.2 Å². The maximum Gasteiger partial charge on any atom is 0.314 e. The summed E-state index contributed by atoms with van der Waals surface area (Å²) in [5, 5.41) is 4.37. The molecule has 5 heteroatoms. The summed E-state index contributed by atoms with van der Waals surface area (Å²) in [5.74, 6) is 0.703. The summed E-state index contributed by atoms with van der Waals surface area (Å²) < 4.78 is 6.81. The SMILES string of the molecule is COc1nc(-c2ccc([C@H](C)N3CCCC3)cc2)nn1C. The van der Waals surface area contributed by atoms with Gasteiger partial charge >= 0.3 is 6.01 Å². The molecule has 5 nitrogen and oxygen atoms in total. The molecule has 0 bridgehead atoms. The summed E-state index contributed by atoms with van der Waals surface area (Å²) in [5.41, 5.74) is 2.37. The van der Waals surface area contributed by atoms with Gasteiger partial charge in [-0.15, -0.1) is 5.10 Å². The minimum atomic E-state index is 0.479. The highest BCUT2D eigenvalue weighted by Crippen LogP contribution is 2.26. The van der Waals surface area contributed by atoms with E-state index in [1.807, 2.05) is 7.05 Å². The van der Waals surface area contributed by atoms with Gasteiger partial charge in [-0.25, -0.2) is 4.68 Å². The quantitative estimate of drug-likeness (QED) is 0.866. The van der Waals surface area contributed by atoms with Crippen molar-refractivity contribution >= 4 is 0 Å². The number of hydrogen-bond donors (Lipinski definition) is 0. The summed E-state index contributed by atoms with van der Waals surface area (Å²) in [6, 6.07) is 9.56. The van der Waals surface area contributed by atoms with Crippen molar-refractivity contribution in [2.24, 2.45) is 7.05 Å². The van der Waals surface area contributed by atoms with Gasteiger partial charge in [0.05, 0.1) is 7.11 Å². The molecule has 1 aromatic carbocycles. The minimum Gasteiger partial charge on any atom is -0.467 e. The second-order valence-electron chi connectivity index (χ2n) is 5.59. The average molecular weight is 286 g/mol. The smallest absolute Gasteiger partial charge is 0.314 e. The molecule has 1 fully saturated rings. The van der Waals surface area contributed by atoms with Crippen molar-refractivity contribution in [2.45, 2.75) is 25.8 Å². The van der Waals surface area contributed by atoms with E-state index in [9.17, 15) is 0 Å². The molecule has 0 unspecified atom stereocenters. The van der Waals surface area contributed by atoms with Crippen LogP contribution in [0, 0.1) is 0 Å². The van der Waals surface area contributed by atoms with Gasteiger partial charge in [0.2, 0.25) is 0 Å². The Balaban J connectivity index is 1.79. The van der Waals surface area contributed by atoms with Gasteiger partial charge in [0, 0.05) is 18.7 Å². The molecule has 2 heterocycles. The summed E-state index contributed by atoms with van der Waals surface area (Å²) in [6.45, 7) is 4.70. The Morgan fingerprint density at radius 3 is 2.38 bits per heavy atom. The first-order valence-electron chi connectivity index (χ1n) is 7.48. The highest BCUT2D eigenvalue weighted by molar-refractivity contribution is 5.55. The molecule has 1 saturated heterocycles. The number of aryl methyl sites for hydroxylation is 1. The lowest BCUT2D eigenvalue weighted by atomic mass is 10.0. The summed E-state index contributed by atoms with van der Waals surface area (Å²) in [4.78, 5) is 6.91. The molecular weight excluding hydrogens is 264 g/mol. The van der Waals surface area contributed by atoms with Crippen molar-refractivity contribution in [1.82, 2.24) is 19.7 Å². The second-order valence-corrected chi connectivity index (χ2v) is 5.59. The standard InChI is InChI=1S/C16H22N4O/c1-12(20-10-4-5-11-20)13-6-8-14(9-7-13)15-17-16(21-3)19(2)18-15/h6-9,12H,4-5,10-11H2,1-3H3/t12-/m0/s1. The van der Waals surface area contributed by atoms with Gasteiger partial charge in [-0.1, -0.05) is 24.3 Å². The van der Waals surface area contributed by atoms with Crippen LogP contribution < -0.4 is 4.74 Å². The van der Waals surface area contributed by atoms with E-state index in [0.29, 0.717) is 17.9 Å². The number of nitrogens with zero attached hydrogens (tertiary/aromatic N) is 4. The van der Waals surface area contributed by atoms with Crippen LogP contribution in [0.1, 0.15) is 31.4 Å². The number of likely N-dealkylation sites (tertiary alicyclic amines) is 1. The van der Waals surface area contributed by atoms with Crippen LogP contribution in [0.5, 0.6) is 6.01 Å². The van der Waals surface area contributed by atoms with E-state index < -0.39 is 0 Å². The Morgan fingerprint density at radius 1 is 1.14 bits per heavy atom. The first-order chi connectivity index (χ1) is 10.2. The minimum absolute atomic E-state index is 0.479. The van der Waals surface area contributed by atoms with Crippen LogP contribution in [0.3, 0.4) is 0 Å². The number of benzene rings is 1. The lowest BCUT2D eigenvalue weighted by Gasteiger charge is -2.24. The van der Waals surface area contributed by atoms with Gasteiger partial charge in [-0.05, 0) is 38.4 Å². The monoisotopic (exact) mass is 286 g/mol. The third kappa shape index (κ3) is 2.78. The highest BCUT2D eigenvalue weighted by Gasteiger charge is 2.19. The molecule has 1 atom stereocenters. The Labute approximate surface area is 125 Å². The average Bonchev–Trinajstić information content (AvgIpc) is 3.16. The van der Waals surface area contributed by atoms with Crippen LogP contribution in [0.15, 0.2) is 24.3 Å². The number of ether oxygens (including phenoxy) is 1. The molecule has 1 aliphatic heterocycles. The van der Waals surface area contributed by atoms with Crippen molar-refractivity contribution in [3.05, 3.63) is 29.8 Å². The summed E-state index contributed by atoms with van der Waals surface area (Å²) >= 11 is 0. The molecule has 112 valence electrons. The zero-order chi connectivity index (χ0) is 14.8. The zero-order valence-electron chi connectivity index (χ0n) is 12.9. The lowest BCUT2D eigenvalue weighted by Crippen LogP contribution is -2.23. The highest BCUT2D eigenvalue weighted by atomic mass is 16.5. The van der Waals surface area contributed by atoms with Crippen molar-refractivity contribution < 1.29 is 4.74 Å². The van der Waals surface area contributed by atoms with E-state index in [4.69, 9.17) is 4.74 Å². The van der Waals surface area contributed by atoms with Crippen LogP contribution in [-0.2, 0) is 7.05 Å². The van der Waals surface area contributed by atoms with Crippen molar-refractivity contribution in [1.29, 1.82) is 0 Å². The first kappa shape index (κ1) is 14.1. The molecule has 0 radical (unpaired) electrons. The molecule has 0 amide bonds. The predicted molar refractivity (Wildman–Crippen MR) is 82.2 cm³/mol. The molecular formula is C16H22N4O. The second kappa shape index (κ2) is 5.85. The van der Waals surface area contributed by atoms with Gasteiger partial charge in [0.1, 0.15) is 0 Å². The van der Waals surface area contributed by atoms with Crippen molar-refractivity contribution in [2.75, 3.05) is 20.2 Å². The van der Waals surface area contributed by atoms with Gasteiger partial charge in [-0.2, -0.15) is 4.98 Å². The van der Waals surface area contributed by atoms with Crippen LogP contribution in [-0.4, -0.2) is 39.9 Å². The van der Waals surface area contributed by atoms with E-state index in [-0.39, 0.29) is 0 Å². The Morgan fingerprint density at radius 2 is 1.81 bits per heavy atom. The van der Waals surface area contributed by atoms with Crippen LogP contribution in [0.25, 0.3) is 11.4 Å². The lowest BCUT2D eigenvalue weighted by molar-refractivity contribution is 0.263. The van der Waals surface area contributed by atoms with Crippen LogP contribution in [0.2, 0.25) is 0 Å². The number of aromatic nitrogens is 3. The number of hydrogen-bond acceptors (Lipinski definition) is 4. The fraction of sp³-hybridized carbons (Fsp3) is 0.500. The van der Waals surface area contributed by atoms with Crippen LogP contribution in [0.4, 0.5) is 0 Å². The van der Waals surface area contributed by atoms with E-state index >= 15 is 0 Å². The Kier molecular flexibility index (Phi) is 3.92. The number of methoxy groups -OCH3 is 1. The molecule has 1 aliphatic rings. The third-order valence-electron chi connectivity index (χ3n) is 4.25. The first-order valence-corrected chi connectivity index (χ1v) is 7.48. The fourth-order valence-corrected chi connectivity index (χ4v) is 2.92. The van der Waals surface area contributed by atoms with Crippen LogP contribution >= 0.6 is 0 Å². The van der Waals surface area contributed by atoms with Crippen molar-refractivity contribution in [3.8, 4) is 17.4 Å². The van der Waals surface area contributed by atoms with E-state index in [1.54, 1.807) is 11.8 Å². The molecule has 0 aliphatic carbocycles. The molecule has 21 heavy (non-hydrogen) atoms.